The molecule has 0 spiro atoms. The van der Waals surface area contributed by atoms with Crippen LogP contribution in [0.3, 0.4) is 0 Å². The molecule has 2 rings (SSSR count). The van der Waals surface area contributed by atoms with Crippen molar-refractivity contribution in [3.63, 3.8) is 0 Å². The Morgan fingerprint density at radius 3 is 2.61 bits per heavy atom. The molecule has 104 valence electrons. The van der Waals surface area contributed by atoms with Gasteiger partial charge in [0.05, 0.1) is 12.2 Å². The molecule has 2 aliphatic carbocycles. The number of ether oxygens (including phenoxy) is 1. The van der Waals surface area contributed by atoms with Gasteiger partial charge in [0.15, 0.2) is 0 Å². The van der Waals surface area contributed by atoms with Gasteiger partial charge in [-0.15, -0.1) is 0 Å². The van der Waals surface area contributed by atoms with Gasteiger partial charge < -0.3 is 15.2 Å². The number of carboxylic acid groups (broad SMARTS) is 1. The molecule has 2 fully saturated rings. The summed E-state index contributed by atoms with van der Waals surface area (Å²) in [4.78, 5) is 11.6. The van der Waals surface area contributed by atoms with E-state index in [0.29, 0.717) is 12.5 Å². The van der Waals surface area contributed by atoms with Crippen molar-refractivity contribution in [2.45, 2.75) is 76.0 Å². The third-order valence-electron chi connectivity index (χ3n) is 4.27. The maximum Gasteiger partial charge on any atom is 0.323 e. The van der Waals surface area contributed by atoms with E-state index in [1.165, 1.54) is 6.42 Å². The molecule has 18 heavy (non-hydrogen) atoms. The van der Waals surface area contributed by atoms with Gasteiger partial charge in [-0.2, -0.15) is 0 Å². The fourth-order valence-electron chi connectivity index (χ4n) is 2.91. The molecule has 2 saturated carbocycles. The first kappa shape index (κ1) is 13.8. The largest absolute Gasteiger partial charge is 0.480 e. The molecule has 0 aromatic rings. The van der Waals surface area contributed by atoms with E-state index in [2.05, 4.69) is 12.2 Å². The number of hydrogen-bond acceptors (Lipinski definition) is 3. The van der Waals surface area contributed by atoms with E-state index in [1.54, 1.807) is 0 Å². The number of aliphatic carboxylic acids is 1. The van der Waals surface area contributed by atoms with E-state index in [-0.39, 0.29) is 6.10 Å². The molecule has 0 radical (unpaired) electrons. The highest BCUT2D eigenvalue weighted by atomic mass is 16.5. The van der Waals surface area contributed by atoms with Crippen LogP contribution >= 0.6 is 0 Å². The topological polar surface area (TPSA) is 58.6 Å². The highest BCUT2D eigenvalue weighted by Gasteiger charge is 2.43. The van der Waals surface area contributed by atoms with Crippen molar-refractivity contribution in [1.82, 2.24) is 5.32 Å². The van der Waals surface area contributed by atoms with Gasteiger partial charge in [0.1, 0.15) is 5.54 Å². The maximum atomic E-state index is 11.6. The van der Waals surface area contributed by atoms with Crippen molar-refractivity contribution in [3.8, 4) is 0 Å². The van der Waals surface area contributed by atoms with Gasteiger partial charge in [-0.3, -0.25) is 4.79 Å². The highest BCUT2D eigenvalue weighted by Crippen LogP contribution is 2.34. The van der Waals surface area contributed by atoms with Crippen LogP contribution in [0.25, 0.3) is 0 Å². The molecule has 0 aromatic carbocycles. The molecule has 2 atom stereocenters. The van der Waals surface area contributed by atoms with Crippen molar-refractivity contribution in [3.05, 3.63) is 0 Å². The lowest BCUT2D eigenvalue weighted by Crippen LogP contribution is -2.56. The van der Waals surface area contributed by atoms with Crippen LogP contribution < -0.4 is 5.32 Å². The van der Waals surface area contributed by atoms with Crippen LogP contribution in [-0.2, 0) is 9.53 Å². The fraction of sp³-hybridized carbons (Fsp3) is 0.929. The first-order valence-corrected chi connectivity index (χ1v) is 7.30. The summed E-state index contributed by atoms with van der Waals surface area (Å²) in [5, 5.41) is 12.8. The number of nitrogens with one attached hydrogen (secondary N) is 1. The SMILES string of the molecule is CCCNC1(C(=O)O)CCCC(OC2CCC2)C1. The van der Waals surface area contributed by atoms with Gasteiger partial charge in [0, 0.05) is 6.42 Å². The van der Waals surface area contributed by atoms with Crippen LogP contribution in [0.15, 0.2) is 0 Å². The molecule has 4 nitrogen and oxygen atoms in total. The first-order chi connectivity index (χ1) is 8.66. The lowest BCUT2D eigenvalue weighted by molar-refractivity contribution is -0.151. The molecule has 0 bridgehead atoms. The van der Waals surface area contributed by atoms with E-state index in [0.717, 1.165) is 45.1 Å². The molecule has 0 aliphatic heterocycles. The van der Waals surface area contributed by atoms with Crippen molar-refractivity contribution in [2.24, 2.45) is 0 Å². The molecule has 2 aliphatic rings. The second-order valence-corrected chi connectivity index (χ2v) is 5.72. The smallest absolute Gasteiger partial charge is 0.323 e. The van der Waals surface area contributed by atoms with Gasteiger partial charge in [0.25, 0.3) is 0 Å². The Morgan fingerprint density at radius 2 is 2.06 bits per heavy atom. The van der Waals surface area contributed by atoms with Crippen LogP contribution in [0.5, 0.6) is 0 Å². The Kier molecular flexibility index (Phi) is 4.62. The summed E-state index contributed by atoms with van der Waals surface area (Å²) in [6.45, 7) is 2.83. The van der Waals surface area contributed by atoms with Crippen LogP contribution in [0, 0.1) is 0 Å². The second-order valence-electron chi connectivity index (χ2n) is 5.72. The molecule has 0 heterocycles. The average molecular weight is 255 g/mol. The summed E-state index contributed by atoms with van der Waals surface area (Å²) >= 11 is 0. The number of rotatable bonds is 6. The summed E-state index contributed by atoms with van der Waals surface area (Å²) < 4.78 is 6.01. The van der Waals surface area contributed by atoms with E-state index in [4.69, 9.17) is 4.74 Å². The standard InChI is InChI=1S/C14H25NO3/c1-2-9-15-14(13(16)17)8-4-7-12(10-14)18-11-5-3-6-11/h11-12,15H,2-10H2,1H3,(H,16,17). The minimum atomic E-state index is -0.747. The molecular formula is C14H25NO3. The van der Waals surface area contributed by atoms with Crippen LogP contribution in [0.2, 0.25) is 0 Å². The lowest BCUT2D eigenvalue weighted by atomic mass is 9.79. The summed E-state index contributed by atoms with van der Waals surface area (Å²) in [7, 11) is 0. The zero-order valence-electron chi connectivity index (χ0n) is 11.3. The van der Waals surface area contributed by atoms with Gasteiger partial charge in [-0.1, -0.05) is 6.92 Å². The van der Waals surface area contributed by atoms with Gasteiger partial charge in [0.2, 0.25) is 0 Å². The van der Waals surface area contributed by atoms with Crippen LogP contribution in [0.4, 0.5) is 0 Å². The lowest BCUT2D eigenvalue weighted by Gasteiger charge is -2.40. The fourth-order valence-corrected chi connectivity index (χ4v) is 2.91. The van der Waals surface area contributed by atoms with Crippen molar-refractivity contribution >= 4 is 5.97 Å². The van der Waals surface area contributed by atoms with Crippen LogP contribution in [-0.4, -0.2) is 35.4 Å². The zero-order valence-corrected chi connectivity index (χ0v) is 11.3. The quantitative estimate of drug-likeness (QED) is 0.764. The highest BCUT2D eigenvalue weighted by molar-refractivity contribution is 5.79. The molecule has 0 amide bonds. The van der Waals surface area contributed by atoms with Crippen LogP contribution in [0.1, 0.15) is 58.3 Å². The number of carbonyl (C=O) groups is 1. The van der Waals surface area contributed by atoms with Gasteiger partial charge >= 0.3 is 5.97 Å². The van der Waals surface area contributed by atoms with Gasteiger partial charge in [-0.25, -0.2) is 0 Å². The van der Waals surface area contributed by atoms with Crippen molar-refractivity contribution in [2.75, 3.05) is 6.54 Å². The zero-order chi connectivity index (χ0) is 13.0. The van der Waals surface area contributed by atoms with Crippen molar-refractivity contribution < 1.29 is 14.6 Å². The van der Waals surface area contributed by atoms with E-state index in [9.17, 15) is 9.90 Å². The molecule has 4 heteroatoms. The van der Waals surface area contributed by atoms with E-state index < -0.39 is 11.5 Å². The monoisotopic (exact) mass is 255 g/mol. The Hall–Kier alpha value is -0.610. The summed E-state index contributed by atoms with van der Waals surface area (Å²) in [6.07, 6.45) is 8.36. The van der Waals surface area contributed by atoms with E-state index in [1.807, 2.05) is 0 Å². The number of carboxylic acids is 1. The second kappa shape index (κ2) is 6.02. The minimum absolute atomic E-state index is 0.129. The normalized spacial score (nSPS) is 33.1. The number of hydrogen-bond donors (Lipinski definition) is 2. The molecular weight excluding hydrogens is 230 g/mol. The summed E-state index contributed by atoms with van der Waals surface area (Å²) in [5.74, 6) is -0.710. The Balaban J connectivity index is 1.93. The minimum Gasteiger partial charge on any atom is -0.480 e. The molecule has 2 N–H and O–H groups in total. The molecule has 2 unspecified atom stereocenters. The summed E-state index contributed by atoms with van der Waals surface area (Å²) in [5.41, 5.74) is -0.747. The third kappa shape index (κ3) is 3.04. The van der Waals surface area contributed by atoms with Crippen molar-refractivity contribution in [1.29, 1.82) is 0 Å². The Labute approximate surface area is 109 Å². The third-order valence-corrected chi connectivity index (χ3v) is 4.27. The predicted molar refractivity (Wildman–Crippen MR) is 69.6 cm³/mol. The first-order valence-electron chi connectivity index (χ1n) is 7.30. The van der Waals surface area contributed by atoms with Gasteiger partial charge in [-0.05, 0) is 51.5 Å². The average Bonchev–Trinajstić information content (AvgIpc) is 2.32. The van der Waals surface area contributed by atoms with E-state index >= 15 is 0 Å². The summed E-state index contributed by atoms with van der Waals surface area (Å²) in [6, 6.07) is 0. The maximum absolute atomic E-state index is 11.6. The molecule has 0 aromatic heterocycles. The Morgan fingerprint density at radius 1 is 1.33 bits per heavy atom. The Bertz CT molecular complexity index is 291. The predicted octanol–water partition coefficient (Wildman–Crippen LogP) is 2.32. The molecule has 0 saturated heterocycles.